The van der Waals surface area contributed by atoms with E-state index in [9.17, 15) is 18.0 Å². The van der Waals surface area contributed by atoms with Crippen LogP contribution >= 0.6 is 0 Å². The van der Waals surface area contributed by atoms with E-state index in [1.807, 2.05) is 0 Å². The zero-order chi connectivity index (χ0) is 13.2. The quantitative estimate of drug-likeness (QED) is 0.804. The Morgan fingerprint density at radius 3 is 2.56 bits per heavy atom. The second-order valence-corrected chi connectivity index (χ2v) is 4.90. The number of rotatable bonds is 3. The molecule has 1 aliphatic rings. The Hall–Kier alpha value is -1.32. The van der Waals surface area contributed by atoms with Gasteiger partial charge in [-0.1, -0.05) is 12.1 Å². The molecular weight excluding hydrogens is 241 g/mol. The van der Waals surface area contributed by atoms with Crippen LogP contribution in [0.5, 0.6) is 0 Å². The van der Waals surface area contributed by atoms with Gasteiger partial charge in [0.15, 0.2) is 0 Å². The molecule has 4 heteroatoms. The molecule has 0 unspecified atom stereocenters. The average molecular weight is 256 g/mol. The lowest BCUT2D eigenvalue weighted by Crippen LogP contribution is -2.29. The second-order valence-electron chi connectivity index (χ2n) is 4.90. The lowest BCUT2D eigenvalue weighted by atomic mass is 9.82. The summed E-state index contributed by atoms with van der Waals surface area (Å²) in [6.45, 7) is 0. The van der Waals surface area contributed by atoms with Gasteiger partial charge in [-0.05, 0) is 30.5 Å². The fraction of sp³-hybridized carbons (Fsp3) is 0.500. The smallest absolute Gasteiger partial charge is 0.248 e. The summed E-state index contributed by atoms with van der Waals surface area (Å²) in [5.41, 5.74) is 0.609. The summed E-state index contributed by atoms with van der Waals surface area (Å²) in [6.07, 6.45) is 0.176. The molecule has 1 nitrogen and oxygen atoms in total. The van der Waals surface area contributed by atoms with E-state index >= 15 is 0 Å². The van der Waals surface area contributed by atoms with E-state index in [4.69, 9.17) is 0 Å². The minimum atomic E-state index is -2.62. The highest BCUT2D eigenvalue weighted by molar-refractivity contribution is 5.83. The van der Waals surface area contributed by atoms with Crippen LogP contribution in [0.25, 0.3) is 0 Å². The maximum atomic E-state index is 13.0. The highest BCUT2D eigenvalue weighted by Gasteiger charge is 2.37. The third kappa shape index (κ3) is 3.34. The molecule has 0 N–H and O–H groups in total. The maximum absolute atomic E-state index is 13.0. The van der Waals surface area contributed by atoms with Gasteiger partial charge in [-0.2, -0.15) is 0 Å². The molecule has 98 valence electrons. The first-order valence-electron chi connectivity index (χ1n) is 6.11. The third-order valence-electron chi connectivity index (χ3n) is 3.44. The van der Waals surface area contributed by atoms with Gasteiger partial charge < -0.3 is 0 Å². The van der Waals surface area contributed by atoms with Crippen molar-refractivity contribution in [3.8, 4) is 0 Å². The lowest BCUT2D eigenvalue weighted by Gasteiger charge is -2.27. The standard InChI is InChI=1S/C14H15F3O/c15-12-3-1-2-10(8-12)9-13(18)11-4-6-14(16,17)7-5-11/h1-3,8,11H,4-7,9H2. The van der Waals surface area contributed by atoms with Crippen LogP contribution in [0.2, 0.25) is 0 Å². The van der Waals surface area contributed by atoms with Gasteiger partial charge in [-0.25, -0.2) is 13.2 Å². The highest BCUT2D eigenvalue weighted by atomic mass is 19.3. The Labute approximate surface area is 104 Å². The van der Waals surface area contributed by atoms with E-state index in [0.717, 1.165) is 0 Å². The van der Waals surface area contributed by atoms with E-state index in [1.165, 1.54) is 12.1 Å². The van der Waals surface area contributed by atoms with E-state index in [-0.39, 0.29) is 49.6 Å². The molecule has 1 aliphatic carbocycles. The summed E-state index contributed by atoms with van der Waals surface area (Å²) >= 11 is 0. The summed E-state index contributed by atoms with van der Waals surface area (Å²) in [5, 5.41) is 0. The Kier molecular flexibility index (Phi) is 3.73. The predicted octanol–water partition coefficient (Wildman–Crippen LogP) is 3.76. The molecular formula is C14H15F3O. The minimum Gasteiger partial charge on any atom is -0.299 e. The van der Waals surface area contributed by atoms with Crippen molar-refractivity contribution < 1.29 is 18.0 Å². The Balaban J connectivity index is 1.93. The van der Waals surface area contributed by atoms with Crippen LogP contribution in [0, 0.1) is 11.7 Å². The van der Waals surface area contributed by atoms with E-state index in [0.29, 0.717) is 5.56 Å². The normalized spacial score (nSPS) is 19.7. The molecule has 1 fully saturated rings. The number of carbonyl (C=O) groups is 1. The van der Waals surface area contributed by atoms with Gasteiger partial charge in [0, 0.05) is 25.2 Å². The molecule has 2 rings (SSSR count). The molecule has 1 aromatic rings. The molecule has 0 aromatic heterocycles. The molecule has 0 saturated heterocycles. The van der Waals surface area contributed by atoms with E-state index in [1.54, 1.807) is 12.1 Å². The van der Waals surface area contributed by atoms with Crippen molar-refractivity contribution >= 4 is 5.78 Å². The summed E-state index contributed by atoms with van der Waals surface area (Å²) in [6, 6.07) is 5.86. The van der Waals surface area contributed by atoms with Gasteiger partial charge in [-0.3, -0.25) is 4.79 Å². The van der Waals surface area contributed by atoms with Gasteiger partial charge in [0.2, 0.25) is 5.92 Å². The van der Waals surface area contributed by atoms with Gasteiger partial charge in [0.25, 0.3) is 0 Å². The van der Waals surface area contributed by atoms with Gasteiger partial charge >= 0.3 is 0 Å². The number of hydrogen-bond donors (Lipinski definition) is 0. The number of ketones is 1. The van der Waals surface area contributed by atoms with Crippen LogP contribution in [-0.4, -0.2) is 11.7 Å². The fourth-order valence-electron chi connectivity index (χ4n) is 2.35. The van der Waals surface area contributed by atoms with Crippen molar-refractivity contribution in [2.45, 2.75) is 38.0 Å². The fourth-order valence-corrected chi connectivity index (χ4v) is 2.35. The molecule has 0 aliphatic heterocycles. The first kappa shape index (κ1) is 13.1. The molecule has 1 aromatic carbocycles. The zero-order valence-corrected chi connectivity index (χ0v) is 9.96. The Morgan fingerprint density at radius 1 is 1.28 bits per heavy atom. The third-order valence-corrected chi connectivity index (χ3v) is 3.44. The molecule has 0 heterocycles. The van der Waals surface area contributed by atoms with Crippen LogP contribution in [0.3, 0.4) is 0 Å². The summed E-state index contributed by atoms with van der Waals surface area (Å²) in [4.78, 5) is 11.9. The molecule has 0 atom stereocenters. The van der Waals surface area contributed by atoms with Crippen molar-refractivity contribution in [3.63, 3.8) is 0 Å². The van der Waals surface area contributed by atoms with Crippen LogP contribution < -0.4 is 0 Å². The number of halogens is 3. The summed E-state index contributed by atoms with van der Waals surface area (Å²) in [7, 11) is 0. The molecule has 0 bridgehead atoms. The van der Waals surface area contributed by atoms with E-state index in [2.05, 4.69) is 0 Å². The number of benzene rings is 1. The van der Waals surface area contributed by atoms with Gasteiger partial charge in [0.05, 0.1) is 0 Å². The first-order chi connectivity index (χ1) is 8.46. The molecule has 0 radical (unpaired) electrons. The molecule has 0 amide bonds. The number of carbonyl (C=O) groups excluding carboxylic acids is 1. The first-order valence-corrected chi connectivity index (χ1v) is 6.11. The maximum Gasteiger partial charge on any atom is 0.248 e. The topological polar surface area (TPSA) is 17.1 Å². The monoisotopic (exact) mass is 256 g/mol. The highest BCUT2D eigenvalue weighted by Crippen LogP contribution is 2.36. The van der Waals surface area contributed by atoms with Crippen molar-refractivity contribution in [1.29, 1.82) is 0 Å². The number of Topliss-reactive ketones (excluding diaryl/α,β-unsaturated/α-hetero) is 1. The van der Waals surface area contributed by atoms with Crippen LogP contribution in [0.1, 0.15) is 31.2 Å². The Bertz CT molecular complexity index is 432. The minimum absolute atomic E-state index is 0.0592. The van der Waals surface area contributed by atoms with Crippen molar-refractivity contribution in [2.24, 2.45) is 5.92 Å². The average Bonchev–Trinajstić information content (AvgIpc) is 2.28. The van der Waals surface area contributed by atoms with Crippen LogP contribution in [0.15, 0.2) is 24.3 Å². The van der Waals surface area contributed by atoms with Crippen molar-refractivity contribution in [3.05, 3.63) is 35.6 Å². The largest absolute Gasteiger partial charge is 0.299 e. The number of alkyl halides is 2. The Morgan fingerprint density at radius 2 is 1.94 bits per heavy atom. The summed E-state index contributed by atoms with van der Waals surface area (Å²) in [5.74, 6) is -3.35. The lowest BCUT2D eigenvalue weighted by molar-refractivity contribution is -0.126. The van der Waals surface area contributed by atoms with Crippen LogP contribution in [0.4, 0.5) is 13.2 Å². The van der Waals surface area contributed by atoms with Crippen molar-refractivity contribution in [1.82, 2.24) is 0 Å². The summed E-state index contributed by atoms with van der Waals surface area (Å²) < 4.78 is 38.9. The van der Waals surface area contributed by atoms with Crippen molar-refractivity contribution in [2.75, 3.05) is 0 Å². The molecule has 1 saturated carbocycles. The van der Waals surface area contributed by atoms with Gasteiger partial charge in [0.1, 0.15) is 11.6 Å². The molecule has 18 heavy (non-hydrogen) atoms. The number of hydrogen-bond acceptors (Lipinski definition) is 1. The second kappa shape index (κ2) is 5.12. The zero-order valence-electron chi connectivity index (χ0n) is 9.96. The van der Waals surface area contributed by atoms with E-state index < -0.39 is 5.92 Å². The molecule has 0 spiro atoms. The SMILES string of the molecule is O=C(Cc1cccc(F)c1)C1CCC(F)(F)CC1. The van der Waals surface area contributed by atoms with Gasteiger partial charge in [-0.15, -0.1) is 0 Å². The van der Waals surface area contributed by atoms with Crippen LogP contribution in [-0.2, 0) is 11.2 Å². The predicted molar refractivity (Wildman–Crippen MR) is 62.0 cm³/mol.